The predicted molar refractivity (Wildman–Crippen MR) is 115 cm³/mol. The first-order valence-corrected chi connectivity index (χ1v) is 11.2. The molecule has 0 saturated carbocycles. The Morgan fingerprint density at radius 1 is 1.32 bits per heavy atom. The quantitative estimate of drug-likeness (QED) is 0.621. The molecular formula is C23H28F3N3O5. The molecule has 2 unspecified atom stereocenters. The molecule has 0 aliphatic carbocycles. The molecule has 0 radical (unpaired) electrons. The minimum absolute atomic E-state index is 0.0833. The number of carbonyl (C=O) groups excluding carboxylic acids is 1. The first-order chi connectivity index (χ1) is 16.2. The lowest BCUT2D eigenvalue weighted by Gasteiger charge is -2.26. The first-order valence-electron chi connectivity index (χ1n) is 11.2. The van der Waals surface area contributed by atoms with Crippen LogP contribution in [0.3, 0.4) is 0 Å². The van der Waals surface area contributed by atoms with E-state index < -0.39 is 12.8 Å². The molecule has 11 heteroatoms. The highest BCUT2D eigenvalue weighted by Crippen LogP contribution is 2.27. The van der Waals surface area contributed by atoms with E-state index >= 15 is 0 Å². The van der Waals surface area contributed by atoms with E-state index in [0.29, 0.717) is 36.8 Å². The zero-order valence-corrected chi connectivity index (χ0v) is 19.1. The standard InChI is InChI=1S/C23H28F3N3O5/c1-14(2)32-12-18-5-6-29-21(34-18)9-19(28-29)22(30)27-17-8-16-7-15(3-4-20(16)33-11-17)10-31-13-23(24,25)26/h3-4,7,9,14,17-18H,5-6,8,10-13H2,1-2H3,(H,27,30). The summed E-state index contributed by atoms with van der Waals surface area (Å²) in [6.45, 7) is 3.86. The fraction of sp³-hybridized carbons (Fsp3) is 0.565. The molecule has 186 valence electrons. The van der Waals surface area contributed by atoms with Crippen LogP contribution >= 0.6 is 0 Å². The number of aromatic nitrogens is 2. The van der Waals surface area contributed by atoms with Gasteiger partial charge in [0.05, 0.1) is 25.4 Å². The van der Waals surface area contributed by atoms with Gasteiger partial charge < -0.3 is 24.3 Å². The Balaban J connectivity index is 1.32. The molecule has 0 saturated heterocycles. The smallest absolute Gasteiger partial charge is 0.411 e. The third kappa shape index (κ3) is 6.41. The largest absolute Gasteiger partial charge is 0.491 e. The van der Waals surface area contributed by atoms with Crippen LogP contribution in [0.1, 0.15) is 41.9 Å². The number of hydrogen-bond acceptors (Lipinski definition) is 6. The number of halogens is 3. The summed E-state index contributed by atoms with van der Waals surface area (Å²) >= 11 is 0. The maximum Gasteiger partial charge on any atom is 0.411 e. The highest BCUT2D eigenvalue weighted by Gasteiger charge is 2.28. The van der Waals surface area contributed by atoms with Crippen LogP contribution in [-0.4, -0.2) is 59.9 Å². The summed E-state index contributed by atoms with van der Waals surface area (Å²) in [6.07, 6.45) is -3.12. The van der Waals surface area contributed by atoms with Crippen molar-refractivity contribution in [3.8, 4) is 11.6 Å². The molecule has 8 nitrogen and oxygen atoms in total. The maximum atomic E-state index is 12.8. The van der Waals surface area contributed by atoms with Crippen molar-refractivity contribution in [2.24, 2.45) is 0 Å². The van der Waals surface area contributed by atoms with E-state index in [1.165, 1.54) is 0 Å². The summed E-state index contributed by atoms with van der Waals surface area (Å²) in [5.74, 6) is 0.829. The summed E-state index contributed by atoms with van der Waals surface area (Å²) in [5.41, 5.74) is 1.65. The lowest BCUT2D eigenvalue weighted by molar-refractivity contribution is -0.176. The molecule has 0 spiro atoms. The van der Waals surface area contributed by atoms with Gasteiger partial charge in [0.25, 0.3) is 5.91 Å². The van der Waals surface area contributed by atoms with Crippen molar-refractivity contribution in [1.29, 1.82) is 0 Å². The van der Waals surface area contributed by atoms with Crippen LogP contribution in [0.5, 0.6) is 11.6 Å². The number of nitrogens with one attached hydrogen (secondary N) is 1. The van der Waals surface area contributed by atoms with Crippen molar-refractivity contribution in [3.05, 3.63) is 41.1 Å². The van der Waals surface area contributed by atoms with Crippen molar-refractivity contribution in [1.82, 2.24) is 15.1 Å². The number of hydrogen-bond donors (Lipinski definition) is 1. The van der Waals surface area contributed by atoms with E-state index in [2.05, 4.69) is 10.4 Å². The lowest BCUT2D eigenvalue weighted by Crippen LogP contribution is -2.43. The van der Waals surface area contributed by atoms with Crippen LogP contribution in [0.15, 0.2) is 24.3 Å². The highest BCUT2D eigenvalue weighted by molar-refractivity contribution is 5.92. The molecule has 2 atom stereocenters. The zero-order chi connectivity index (χ0) is 24.3. The normalized spacial score (nSPS) is 19.7. The van der Waals surface area contributed by atoms with E-state index in [1.807, 2.05) is 13.8 Å². The van der Waals surface area contributed by atoms with Gasteiger partial charge in [0.15, 0.2) is 5.69 Å². The Labute approximate surface area is 195 Å². The van der Waals surface area contributed by atoms with Crippen LogP contribution in [0, 0.1) is 0 Å². The number of nitrogens with zero attached hydrogens (tertiary/aromatic N) is 2. The lowest BCUT2D eigenvalue weighted by atomic mass is 10.0. The molecule has 0 bridgehead atoms. The predicted octanol–water partition coefficient (Wildman–Crippen LogP) is 3.27. The van der Waals surface area contributed by atoms with E-state index in [4.69, 9.17) is 18.9 Å². The second-order valence-corrected chi connectivity index (χ2v) is 8.74. The van der Waals surface area contributed by atoms with Crippen LogP contribution in [0.2, 0.25) is 0 Å². The molecule has 3 heterocycles. The van der Waals surface area contributed by atoms with Crippen LogP contribution < -0.4 is 14.8 Å². The molecule has 4 rings (SSSR count). The number of carbonyl (C=O) groups is 1. The summed E-state index contributed by atoms with van der Waals surface area (Å²) in [4.78, 5) is 12.8. The molecule has 2 aliphatic rings. The second-order valence-electron chi connectivity index (χ2n) is 8.74. The SMILES string of the molecule is CC(C)OCC1CCn2nc(C(=O)NC3COc4ccc(COCC(F)(F)F)cc4C3)cc2O1. The van der Waals surface area contributed by atoms with Crippen molar-refractivity contribution < 1.29 is 36.9 Å². The summed E-state index contributed by atoms with van der Waals surface area (Å²) in [6, 6.07) is 6.43. The van der Waals surface area contributed by atoms with Gasteiger partial charge in [0, 0.05) is 19.0 Å². The molecule has 2 aliphatic heterocycles. The van der Waals surface area contributed by atoms with E-state index in [0.717, 1.165) is 12.0 Å². The van der Waals surface area contributed by atoms with E-state index in [1.54, 1.807) is 28.9 Å². The van der Waals surface area contributed by atoms with Crippen molar-refractivity contribution in [3.63, 3.8) is 0 Å². The number of aryl methyl sites for hydroxylation is 1. The maximum absolute atomic E-state index is 12.8. The van der Waals surface area contributed by atoms with Crippen LogP contribution in [0.4, 0.5) is 13.2 Å². The molecule has 1 amide bonds. The van der Waals surface area contributed by atoms with E-state index in [-0.39, 0.29) is 43.1 Å². The van der Waals surface area contributed by atoms with Gasteiger partial charge >= 0.3 is 6.18 Å². The van der Waals surface area contributed by atoms with Gasteiger partial charge in [0.1, 0.15) is 25.1 Å². The Morgan fingerprint density at radius 3 is 2.91 bits per heavy atom. The molecular weight excluding hydrogens is 455 g/mol. The molecule has 34 heavy (non-hydrogen) atoms. The van der Waals surface area contributed by atoms with Gasteiger partial charge in [-0.2, -0.15) is 18.3 Å². The van der Waals surface area contributed by atoms with Crippen LogP contribution in [0.25, 0.3) is 0 Å². The highest BCUT2D eigenvalue weighted by atomic mass is 19.4. The van der Waals surface area contributed by atoms with Gasteiger partial charge in [-0.3, -0.25) is 4.79 Å². The average Bonchev–Trinajstić information content (AvgIpc) is 3.20. The monoisotopic (exact) mass is 483 g/mol. The minimum Gasteiger partial charge on any atom is -0.491 e. The molecule has 1 N–H and O–H groups in total. The Kier molecular flexibility index (Phi) is 7.32. The number of ether oxygens (including phenoxy) is 4. The van der Waals surface area contributed by atoms with Crippen molar-refractivity contribution in [2.45, 2.75) is 64.3 Å². The summed E-state index contributed by atoms with van der Waals surface area (Å²) in [5, 5.41) is 7.27. The zero-order valence-electron chi connectivity index (χ0n) is 19.1. The first kappa shape index (κ1) is 24.3. The number of rotatable bonds is 8. The number of fused-ring (bicyclic) bond motifs is 2. The average molecular weight is 483 g/mol. The van der Waals surface area contributed by atoms with E-state index in [9.17, 15) is 18.0 Å². The van der Waals surface area contributed by atoms with Gasteiger partial charge in [0.2, 0.25) is 5.88 Å². The molecule has 0 fully saturated rings. The fourth-order valence-corrected chi connectivity index (χ4v) is 3.85. The topological polar surface area (TPSA) is 83.8 Å². The fourth-order valence-electron chi connectivity index (χ4n) is 3.85. The Hall–Kier alpha value is -2.79. The third-order valence-electron chi connectivity index (χ3n) is 5.44. The van der Waals surface area contributed by atoms with Crippen molar-refractivity contribution >= 4 is 5.91 Å². The number of alkyl halides is 3. The van der Waals surface area contributed by atoms with Crippen LogP contribution in [-0.2, 0) is 29.0 Å². The number of benzene rings is 1. The summed E-state index contributed by atoms with van der Waals surface area (Å²) in [7, 11) is 0. The van der Waals surface area contributed by atoms with Gasteiger partial charge in [-0.25, -0.2) is 4.68 Å². The summed E-state index contributed by atoms with van der Waals surface area (Å²) < 4.78 is 60.5. The molecule has 2 aromatic rings. The third-order valence-corrected chi connectivity index (χ3v) is 5.44. The van der Waals surface area contributed by atoms with Gasteiger partial charge in [-0.05, 0) is 43.5 Å². The van der Waals surface area contributed by atoms with Gasteiger partial charge in [-0.1, -0.05) is 6.07 Å². The molecule has 1 aromatic heterocycles. The van der Waals surface area contributed by atoms with Gasteiger partial charge in [-0.15, -0.1) is 0 Å². The second kappa shape index (κ2) is 10.2. The Morgan fingerprint density at radius 2 is 2.15 bits per heavy atom. The van der Waals surface area contributed by atoms with Crippen molar-refractivity contribution in [2.75, 3.05) is 19.8 Å². The number of amides is 1. The Bertz CT molecular complexity index is 1010. The molecule has 1 aromatic carbocycles. The minimum atomic E-state index is -4.37.